The molecule has 0 bridgehead atoms. The summed E-state index contributed by atoms with van der Waals surface area (Å²) in [6, 6.07) is 1.28. The van der Waals surface area contributed by atoms with E-state index in [-0.39, 0.29) is 16.5 Å². The van der Waals surface area contributed by atoms with E-state index in [0.29, 0.717) is 3.70 Å². The van der Waals surface area contributed by atoms with Crippen LogP contribution in [0.5, 0.6) is 0 Å². The van der Waals surface area contributed by atoms with Crippen molar-refractivity contribution in [1.29, 1.82) is 0 Å². The molecule has 0 unspecified atom stereocenters. The molecule has 0 saturated carbocycles. The van der Waals surface area contributed by atoms with Crippen LogP contribution in [-0.2, 0) is 5.33 Å². The lowest BCUT2D eigenvalue weighted by atomic mass is 10.2. The molecule has 1 rings (SSSR count). The summed E-state index contributed by atoms with van der Waals surface area (Å²) in [5.74, 6) is 0. The third-order valence-electron chi connectivity index (χ3n) is 1.51. The first kappa shape index (κ1) is 11.1. The van der Waals surface area contributed by atoms with Crippen LogP contribution in [0.2, 0.25) is 0 Å². The predicted octanol–water partition coefficient (Wildman–Crippen LogP) is 2.81. The van der Waals surface area contributed by atoms with Crippen LogP contribution in [0.3, 0.4) is 0 Å². The molecule has 13 heavy (non-hydrogen) atoms. The number of H-pyrrole nitrogens is 1. The number of aromatic amines is 1. The van der Waals surface area contributed by atoms with E-state index < -0.39 is 12.0 Å². The summed E-state index contributed by atoms with van der Waals surface area (Å²) < 4.78 is 25.2. The van der Waals surface area contributed by atoms with Crippen molar-refractivity contribution in [2.75, 3.05) is 0 Å². The Kier molecular flexibility index (Phi) is 3.84. The van der Waals surface area contributed by atoms with Gasteiger partial charge in [0.2, 0.25) is 0 Å². The van der Waals surface area contributed by atoms with Crippen LogP contribution in [0, 0.1) is 3.70 Å². The summed E-state index contributed by atoms with van der Waals surface area (Å²) in [5, 5.41) is 0.138. The largest absolute Gasteiger partial charge is 0.317 e. The van der Waals surface area contributed by atoms with Crippen LogP contribution in [-0.4, -0.2) is 4.98 Å². The van der Waals surface area contributed by atoms with E-state index in [4.69, 9.17) is 0 Å². The third-order valence-corrected chi connectivity index (χ3v) is 2.65. The van der Waals surface area contributed by atoms with Gasteiger partial charge in [0.25, 0.3) is 12.0 Å². The molecule has 2 nitrogen and oxygen atoms in total. The van der Waals surface area contributed by atoms with Crippen molar-refractivity contribution in [3.63, 3.8) is 0 Å². The van der Waals surface area contributed by atoms with Crippen LogP contribution in [0.1, 0.15) is 17.6 Å². The molecule has 0 aromatic carbocycles. The van der Waals surface area contributed by atoms with Gasteiger partial charge in [-0.25, -0.2) is 8.78 Å². The molecule has 0 radical (unpaired) electrons. The molecule has 0 spiro atoms. The molecule has 72 valence electrons. The maximum Gasteiger partial charge on any atom is 0.264 e. The number of hydrogen-bond donors (Lipinski definition) is 1. The van der Waals surface area contributed by atoms with E-state index in [1.807, 2.05) is 0 Å². The Hall–Kier alpha value is 0.0200. The number of hydrogen-bond acceptors (Lipinski definition) is 1. The Labute approximate surface area is 95.0 Å². The molecule has 0 aliphatic carbocycles. The monoisotopic (exact) mass is 363 g/mol. The first-order valence-corrected chi connectivity index (χ1v) is 5.52. The van der Waals surface area contributed by atoms with Gasteiger partial charge in [-0.05, 0) is 28.7 Å². The van der Waals surface area contributed by atoms with Crippen molar-refractivity contribution in [3.8, 4) is 0 Å². The van der Waals surface area contributed by atoms with Gasteiger partial charge < -0.3 is 4.98 Å². The lowest BCUT2D eigenvalue weighted by molar-refractivity contribution is 0.150. The van der Waals surface area contributed by atoms with Crippen molar-refractivity contribution in [2.45, 2.75) is 11.8 Å². The first-order chi connectivity index (χ1) is 6.06. The zero-order chi connectivity index (χ0) is 10.0. The fourth-order valence-corrected chi connectivity index (χ4v) is 2.07. The van der Waals surface area contributed by atoms with Gasteiger partial charge in [0.15, 0.2) is 0 Å². The van der Waals surface area contributed by atoms with Gasteiger partial charge in [-0.1, -0.05) is 15.9 Å². The highest BCUT2D eigenvalue weighted by molar-refractivity contribution is 14.1. The summed E-state index contributed by atoms with van der Waals surface area (Å²) in [5.41, 5.74) is -0.570. The molecule has 0 fully saturated rings. The molecule has 0 saturated heterocycles. The lowest BCUT2D eigenvalue weighted by Crippen LogP contribution is -2.15. The number of pyridine rings is 1. The van der Waals surface area contributed by atoms with E-state index in [9.17, 15) is 13.6 Å². The minimum absolute atomic E-state index is 0.0930. The summed E-state index contributed by atoms with van der Waals surface area (Å²) in [7, 11) is 0. The second kappa shape index (κ2) is 4.50. The van der Waals surface area contributed by atoms with E-state index in [0.717, 1.165) is 0 Å². The Morgan fingerprint density at radius 2 is 2.23 bits per heavy atom. The van der Waals surface area contributed by atoms with Crippen LogP contribution in [0.15, 0.2) is 10.9 Å². The molecule has 0 aliphatic rings. The normalized spacial score (nSPS) is 10.8. The summed E-state index contributed by atoms with van der Waals surface area (Å²) in [4.78, 5) is 13.6. The molecular formula is C7H5BrF2INO. The van der Waals surface area contributed by atoms with Crippen molar-refractivity contribution in [1.82, 2.24) is 4.98 Å². The van der Waals surface area contributed by atoms with E-state index in [1.165, 1.54) is 6.07 Å². The maximum atomic E-state index is 12.4. The Bertz CT molecular complexity index is 366. The molecule has 1 N–H and O–H groups in total. The standard InChI is InChI=1S/C7H5BrF2INO/c8-2-4-3(6(9)10)1-5(11)12-7(4)13/h1,6H,2H2,(H,12,13). The molecule has 0 aliphatic heterocycles. The van der Waals surface area contributed by atoms with Crippen molar-refractivity contribution in [3.05, 3.63) is 31.2 Å². The number of halogens is 4. The molecule has 1 heterocycles. The minimum atomic E-state index is -2.61. The number of alkyl halides is 3. The average Bonchev–Trinajstić information content (AvgIpc) is 2.02. The second-order valence-corrected chi connectivity index (χ2v) is 4.04. The highest BCUT2D eigenvalue weighted by Gasteiger charge is 2.15. The quantitative estimate of drug-likeness (QED) is 0.489. The Morgan fingerprint density at radius 1 is 1.62 bits per heavy atom. The van der Waals surface area contributed by atoms with E-state index in [1.54, 1.807) is 22.6 Å². The molecule has 0 amide bonds. The van der Waals surface area contributed by atoms with E-state index >= 15 is 0 Å². The van der Waals surface area contributed by atoms with Gasteiger partial charge in [0.05, 0.1) is 3.70 Å². The summed E-state index contributed by atoms with van der Waals surface area (Å²) in [6.45, 7) is 0. The van der Waals surface area contributed by atoms with Crippen LogP contribution in [0.4, 0.5) is 8.78 Å². The highest BCUT2D eigenvalue weighted by Crippen LogP contribution is 2.22. The van der Waals surface area contributed by atoms with Crippen LogP contribution >= 0.6 is 38.5 Å². The van der Waals surface area contributed by atoms with Crippen LogP contribution in [0.25, 0.3) is 0 Å². The summed E-state index contributed by atoms with van der Waals surface area (Å²) >= 11 is 4.79. The molecule has 1 aromatic rings. The molecule has 1 aromatic heterocycles. The predicted molar refractivity (Wildman–Crippen MR) is 57.4 cm³/mol. The zero-order valence-corrected chi connectivity index (χ0v) is 10.0. The second-order valence-electron chi connectivity index (χ2n) is 2.31. The number of rotatable bonds is 2. The van der Waals surface area contributed by atoms with Crippen molar-refractivity contribution < 1.29 is 8.78 Å². The first-order valence-electron chi connectivity index (χ1n) is 3.32. The maximum absolute atomic E-state index is 12.4. The smallest absolute Gasteiger partial charge is 0.264 e. The fourth-order valence-electron chi connectivity index (χ4n) is 0.907. The van der Waals surface area contributed by atoms with Gasteiger partial charge in [0.1, 0.15) is 0 Å². The van der Waals surface area contributed by atoms with Gasteiger partial charge in [0, 0.05) is 16.5 Å². The van der Waals surface area contributed by atoms with Gasteiger partial charge in [-0.15, -0.1) is 0 Å². The fraction of sp³-hybridized carbons (Fsp3) is 0.286. The van der Waals surface area contributed by atoms with E-state index in [2.05, 4.69) is 20.9 Å². The van der Waals surface area contributed by atoms with Gasteiger partial charge in [-0.2, -0.15) is 0 Å². The third kappa shape index (κ3) is 2.49. The lowest BCUT2D eigenvalue weighted by Gasteiger charge is -2.05. The minimum Gasteiger partial charge on any atom is -0.317 e. The highest BCUT2D eigenvalue weighted by atomic mass is 127. The topological polar surface area (TPSA) is 32.9 Å². The van der Waals surface area contributed by atoms with Gasteiger partial charge >= 0.3 is 0 Å². The summed E-state index contributed by atoms with van der Waals surface area (Å²) in [6.07, 6.45) is -2.61. The Balaban J connectivity index is 3.38. The number of aromatic nitrogens is 1. The van der Waals surface area contributed by atoms with Crippen LogP contribution < -0.4 is 5.56 Å². The SMILES string of the molecule is O=c1[nH]c(I)cc(C(F)F)c1CBr. The van der Waals surface area contributed by atoms with Crippen molar-refractivity contribution in [2.24, 2.45) is 0 Å². The molecule has 0 atom stereocenters. The zero-order valence-electron chi connectivity index (χ0n) is 6.28. The molecular weight excluding hydrogens is 359 g/mol. The Morgan fingerprint density at radius 3 is 2.69 bits per heavy atom. The average molecular weight is 364 g/mol. The van der Waals surface area contributed by atoms with Crippen molar-refractivity contribution >= 4 is 38.5 Å². The number of nitrogens with one attached hydrogen (secondary N) is 1. The molecule has 6 heteroatoms. The van der Waals surface area contributed by atoms with Gasteiger partial charge in [-0.3, -0.25) is 4.79 Å².